The van der Waals surface area contributed by atoms with E-state index in [1.807, 2.05) is 55.9 Å². The van der Waals surface area contributed by atoms with E-state index in [0.717, 1.165) is 22.5 Å². The largest absolute Gasteiger partial charge is 0.495 e. The second-order valence-electron chi connectivity index (χ2n) is 8.48. The number of methoxy groups -OCH3 is 1. The van der Waals surface area contributed by atoms with Crippen LogP contribution in [0.15, 0.2) is 64.8 Å². The molecule has 4 aromatic rings. The van der Waals surface area contributed by atoms with Crippen molar-refractivity contribution in [3.8, 4) is 11.4 Å². The molecule has 0 radical (unpaired) electrons. The van der Waals surface area contributed by atoms with Gasteiger partial charge in [0.25, 0.3) is 5.56 Å². The summed E-state index contributed by atoms with van der Waals surface area (Å²) in [6, 6.07) is 12.0. The number of benzene rings is 2. The Balaban J connectivity index is 1.63. The Kier molecular flexibility index (Phi) is 4.81. The Morgan fingerprint density at radius 3 is 2.61 bits per heavy atom. The summed E-state index contributed by atoms with van der Waals surface area (Å²) in [5.74, 6) is 0.360. The maximum absolute atomic E-state index is 13.5. The Bertz CT molecular complexity index is 1550. The lowest BCUT2D eigenvalue weighted by Crippen LogP contribution is -2.44. The fourth-order valence-corrected chi connectivity index (χ4v) is 4.42. The van der Waals surface area contributed by atoms with Crippen molar-refractivity contribution in [2.75, 3.05) is 13.7 Å². The number of rotatable bonds is 4. The number of aryl methyl sites for hydroxylation is 1. The van der Waals surface area contributed by atoms with E-state index in [0.29, 0.717) is 23.3 Å². The molecule has 0 amide bonds. The summed E-state index contributed by atoms with van der Waals surface area (Å²) in [4.78, 5) is 22.4. The summed E-state index contributed by atoms with van der Waals surface area (Å²) >= 11 is 0. The molecule has 2 aromatic carbocycles. The lowest BCUT2D eigenvalue weighted by atomic mass is 9.92. The molecule has 168 valence electrons. The van der Waals surface area contributed by atoms with Gasteiger partial charge in [-0.25, -0.2) is 14.4 Å². The molecule has 0 aliphatic carbocycles. The molecule has 0 saturated carbocycles. The SMILES string of the molecule is COc1cc(/C=c2/c(=O)n3c(n2C)=NCC3(C)c2ccc(F)cc2)ccc1-n1cnc(C)c1. The summed E-state index contributed by atoms with van der Waals surface area (Å²) in [7, 11) is 3.45. The molecule has 0 saturated heterocycles. The lowest BCUT2D eigenvalue weighted by Gasteiger charge is -2.25. The molecule has 8 heteroatoms. The van der Waals surface area contributed by atoms with Crippen molar-refractivity contribution in [2.45, 2.75) is 19.4 Å². The van der Waals surface area contributed by atoms with E-state index >= 15 is 0 Å². The third kappa shape index (κ3) is 3.29. The molecule has 5 rings (SSSR count). The molecule has 0 bridgehead atoms. The first-order valence-corrected chi connectivity index (χ1v) is 10.6. The van der Waals surface area contributed by atoms with Crippen LogP contribution in [0, 0.1) is 12.7 Å². The summed E-state index contributed by atoms with van der Waals surface area (Å²) in [5, 5.41) is 0.509. The van der Waals surface area contributed by atoms with E-state index in [4.69, 9.17) is 4.74 Å². The zero-order valence-electron chi connectivity index (χ0n) is 18.9. The third-order valence-corrected chi connectivity index (χ3v) is 6.27. The number of aromatic nitrogens is 4. The van der Waals surface area contributed by atoms with Crippen molar-refractivity contribution in [3.05, 3.63) is 98.9 Å². The quantitative estimate of drug-likeness (QED) is 0.483. The zero-order valence-corrected chi connectivity index (χ0v) is 18.9. The summed E-state index contributed by atoms with van der Waals surface area (Å²) < 4.78 is 24.5. The molecular formula is C25H24FN5O2. The van der Waals surface area contributed by atoms with Crippen LogP contribution in [0.5, 0.6) is 5.75 Å². The van der Waals surface area contributed by atoms with Gasteiger partial charge < -0.3 is 13.9 Å². The number of halogens is 1. The van der Waals surface area contributed by atoms with Crippen LogP contribution in [0.2, 0.25) is 0 Å². The van der Waals surface area contributed by atoms with E-state index in [1.54, 1.807) is 34.7 Å². The predicted octanol–water partition coefficient (Wildman–Crippen LogP) is 2.05. The predicted molar refractivity (Wildman–Crippen MR) is 123 cm³/mol. The number of imidazole rings is 2. The topological polar surface area (TPSA) is 66.3 Å². The van der Waals surface area contributed by atoms with Crippen molar-refractivity contribution in [2.24, 2.45) is 12.0 Å². The van der Waals surface area contributed by atoms with Gasteiger partial charge in [-0.2, -0.15) is 0 Å². The fourth-order valence-electron chi connectivity index (χ4n) is 4.42. The van der Waals surface area contributed by atoms with Gasteiger partial charge in [0, 0.05) is 13.2 Å². The average molecular weight is 445 g/mol. The zero-order chi connectivity index (χ0) is 23.3. The molecule has 1 unspecified atom stereocenters. The molecule has 0 fully saturated rings. The highest BCUT2D eigenvalue weighted by Crippen LogP contribution is 2.27. The first-order chi connectivity index (χ1) is 15.8. The van der Waals surface area contributed by atoms with Crippen LogP contribution in [0.4, 0.5) is 4.39 Å². The van der Waals surface area contributed by atoms with Crippen molar-refractivity contribution in [1.82, 2.24) is 18.7 Å². The Morgan fingerprint density at radius 2 is 1.94 bits per heavy atom. The molecule has 1 aliphatic heterocycles. The average Bonchev–Trinajstić information content (AvgIpc) is 3.46. The van der Waals surface area contributed by atoms with Crippen molar-refractivity contribution in [1.29, 1.82) is 0 Å². The number of fused-ring (bicyclic) bond motifs is 1. The Morgan fingerprint density at radius 1 is 1.18 bits per heavy atom. The summed E-state index contributed by atoms with van der Waals surface area (Å²) in [6.45, 7) is 4.30. The number of ether oxygens (including phenoxy) is 1. The molecule has 33 heavy (non-hydrogen) atoms. The van der Waals surface area contributed by atoms with E-state index in [2.05, 4.69) is 9.98 Å². The highest BCUT2D eigenvalue weighted by molar-refractivity contribution is 5.58. The van der Waals surface area contributed by atoms with Gasteiger partial charge in [-0.1, -0.05) is 18.2 Å². The van der Waals surface area contributed by atoms with Crippen LogP contribution in [-0.2, 0) is 12.6 Å². The Hall–Kier alpha value is -3.94. The van der Waals surface area contributed by atoms with Gasteiger partial charge in [0.2, 0.25) is 5.62 Å². The third-order valence-electron chi connectivity index (χ3n) is 6.27. The van der Waals surface area contributed by atoms with Crippen LogP contribution >= 0.6 is 0 Å². The molecule has 1 aliphatic rings. The Labute approximate surface area is 189 Å². The van der Waals surface area contributed by atoms with E-state index in [9.17, 15) is 9.18 Å². The van der Waals surface area contributed by atoms with Crippen molar-refractivity contribution >= 4 is 6.08 Å². The van der Waals surface area contributed by atoms with Crippen LogP contribution in [0.3, 0.4) is 0 Å². The molecule has 0 N–H and O–H groups in total. The summed E-state index contributed by atoms with van der Waals surface area (Å²) in [5.41, 5.74) is 3.21. The minimum Gasteiger partial charge on any atom is -0.495 e. The second kappa shape index (κ2) is 7.58. The number of nitrogens with zero attached hydrogens (tertiary/aromatic N) is 5. The number of hydrogen-bond acceptors (Lipinski definition) is 4. The molecule has 3 heterocycles. The maximum atomic E-state index is 13.5. The second-order valence-corrected chi connectivity index (χ2v) is 8.48. The van der Waals surface area contributed by atoms with E-state index in [1.165, 1.54) is 12.1 Å². The monoisotopic (exact) mass is 445 g/mol. The van der Waals surface area contributed by atoms with Crippen LogP contribution in [0.25, 0.3) is 11.8 Å². The highest BCUT2D eigenvalue weighted by Gasteiger charge is 2.36. The van der Waals surface area contributed by atoms with Gasteiger partial charge in [0.1, 0.15) is 16.9 Å². The lowest BCUT2D eigenvalue weighted by molar-refractivity contribution is 0.413. The van der Waals surface area contributed by atoms with Crippen LogP contribution in [-0.4, -0.2) is 32.3 Å². The fraction of sp³-hybridized carbons (Fsp3) is 0.240. The first kappa shape index (κ1) is 20.9. The van der Waals surface area contributed by atoms with Gasteiger partial charge in [0.05, 0.1) is 36.9 Å². The molecular weight excluding hydrogens is 421 g/mol. The van der Waals surface area contributed by atoms with Gasteiger partial charge in [-0.3, -0.25) is 9.36 Å². The summed E-state index contributed by atoms with van der Waals surface area (Å²) in [6.07, 6.45) is 5.50. The van der Waals surface area contributed by atoms with Gasteiger partial charge >= 0.3 is 0 Å². The minimum absolute atomic E-state index is 0.145. The molecule has 0 spiro atoms. The van der Waals surface area contributed by atoms with Crippen LogP contribution in [0.1, 0.15) is 23.7 Å². The smallest absolute Gasteiger partial charge is 0.278 e. The maximum Gasteiger partial charge on any atom is 0.278 e. The normalized spacial score (nSPS) is 17.8. The standard InChI is InChI=1S/C25H24FN5O2/c1-16-13-30(15-28-16)20-10-5-17(12-22(20)33-4)11-21-23(32)31-24(29(21)3)27-14-25(31,2)18-6-8-19(26)9-7-18/h5-13,15H,14H2,1-4H3/b21-11-. The van der Waals surface area contributed by atoms with E-state index < -0.39 is 5.54 Å². The van der Waals surface area contributed by atoms with E-state index in [-0.39, 0.29) is 11.4 Å². The van der Waals surface area contributed by atoms with Gasteiger partial charge in [-0.15, -0.1) is 0 Å². The van der Waals surface area contributed by atoms with Crippen LogP contribution < -0.4 is 21.3 Å². The van der Waals surface area contributed by atoms with Crippen molar-refractivity contribution < 1.29 is 9.13 Å². The number of hydrogen-bond donors (Lipinski definition) is 0. The van der Waals surface area contributed by atoms with Gasteiger partial charge in [-0.05, 0) is 55.3 Å². The molecule has 2 aromatic heterocycles. The van der Waals surface area contributed by atoms with Crippen molar-refractivity contribution in [3.63, 3.8) is 0 Å². The first-order valence-electron chi connectivity index (χ1n) is 10.6. The highest BCUT2D eigenvalue weighted by atomic mass is 19.1. The molecule has 7 nitrogen and oxygen atoms in total. The minimum atomic E-state index is -0.676. The van der Waals surface area contributed by atoms with Gasteiger partial charge in [0.15, 0.2) is 0 Å². The molecule has 1 atom stereocenters.